The number of amides is 1. The first kappa shape index (κ1) is 82.0. The van der Waals surface area contributed by atoms with Crippen LogP contribution in [0.15, 0.2) is 48.6 Å². The summed E-state index contributed by atoms with van der Waals surface area (Å²) in [5, 5.41) is 87.4. The molecule has 2 heterocycles. The minimum atomic E-state index is -1.79. The zero-order valence-corrected chi connectivity index (χ0v) is 56.2. The van der Waals surface area contributed by atoms with Gasteiger partial charge in [0.15, 0.2) is 12.6 Å². The van der Waals surface area contributed by atoms with E-state index in [1.807, 2.05) is 6.08 Å². The van der Waals surface area contributed by atoms with Crippen molar-refractivity contribution >= 4 is 5.91 Å². The van der Waals surface area contributed by atoms with E-state index < -0.39 is 86.8 Å². The van der Waals surface area contributed by atoms with Gasteiger partial charge in [0.2, 0.25) is 5.91 Å². The van der Waals surface area contributed by atoms with Crippen LogP contribution in [0.4, 0.5) is 0 Å². The van der Waals surface area contributed by atoms with Crippen LogP contribution >= 0.6 is 0 Å². The fourth-order valence-corrected chi connectivity index (χ4v) is 12.1. The molecule has 2 rings (SSSR count). The van der Waals surface area contributed by atoms with Gasteiger partial charge in [0, 0.05) is 6.42 Å². The van der Waals surface area contributed by atoms with Crippen molar-refractivity contribution in [2.24, 2.45) is 0 Å². The Hall–Kier alpha value is -2.05. The Morgan fingerprint density at radius 3 is 1.11 bits per heavy atom. The van der Waals surface area contributed by atoms with Gasteiger partial charge in [-0.2, -0.15) is 0 Å². The normalized spacial score (nSPS) is 23.4. The van der Waals surface area contributed by atoms with Gasteiger partial charge in [-0.1, -0.05) is 294 Å². The topological polar surface area (TPSA) is 228 Å². The number of carbonyl (C=O) groups is 1. The molecule has 0 aromatic heterocycles. The van der Waals surface area contributed by atoms with Gasteiger partial charge >= 0.3 is 0 Å². The average Bonchev–Trinajstić information content (AvgIpc) is 1.84. The van der Waals surface area contributed by atoms with Crippen LogP contribution < -0.4 is 5.32 Å². The Kier molecular flexibility index (Phi) is 54.8. The summed E-state index contributed by atoms with van der Waals surface area (Å²) in [6.07, 6.45) is 60.5. The highest BCUT2D eigenvalue weighted by atomic mass is 16.7. The van der Waals surface area contributed by atoms with Gasteiger partial charge in [-0.05, 0) is 70.6 Å². The second-order valence-electron chi connectivity index (χ2n) is 26.1. The maximum absolute atomic E-state index is 13.3. The molecule has 2 fully saturated rings. The molecule has 0 aliphatic carbocycles. The van der Waals surface area contributed by atoms with Crippen molar-refractivity contribution in [2.45, 2.75) is 396 Å². The molecule has 0 aromatic carbocycles. The molecule has 0 bridgehead atoms. The third-order valence-corrected chi connectivity index (χ3v) is 18.0. The highest BCUT2D eigenvalue weighted by Crippen LogP contribution is 2.30. The summed E-state index contributed by atoms with van der Waals surface area (Å²) in [5.41, 5.74) is 0. The number of carbonyl (C=O) groups excluding carboxylic acids is 1. The van der Waals surface area contributed by atoms with Gasteiger partial charge in [-0.25, -0.2) is 0 Å². The van der Waals surface area contributed by atoms with Crippen molar-refractivity contribution < 1.29 is 64.6 Å². The quantitative estimate of drug-likeness (QED) is 0.0204. The predicted octanol–water partition coefficient (Wildman–Crippen LogP) is 15.5. The molecular weight excluding hydrogens is 1110 g/mol. The Morgan fingerprint density at radius 2 is 0.727 bits per heavy atom. The van der Waals surface area contributed by atoms with Crippen molar-refractivity contribution in [2.75, 3.05) is 19.8 Å². The first-order valence-electron chi connectivity index (χ1n) is 36.9. The van der Waals surface area contributed by atoms with Gasteiger partial charge < -0.3 is 65.1 Å². The highest BCUT2D eigenvalue weighted by molar-refractivity contribution is 5.76. The Balaban J connectivity index is 1.62. The third kappa shape index (κ3) is 42.2. The van der Waals surface area contributed by atoms with E-state index in [0.29, 0.717) is 12.8 Å². The molecule has 9 N–H and O–H groups in total. The molecule has 0 spiro atoms. The molecule has 516 valence electrons. The average molecular weight is 1250 g/mol. The fourth-order valence-electron chi connectivity index (χ4n) is 12.1. The lowest BCUT2D eigenvalue weighted by Crippen LogP contribution is -2.65. The number of aliphatic hydroxyl groups is 8. The number of hydrogen-bond acceptors (Lipinski definition) is 13. The first-order chi connectivity index (χ1) is 43.1. The van der Waals surface area contributed by atoms with Crippen LogP contribution in [0.5, 0.6) is 0 Å². The van der Waals surface area contributed by atoms with Crippen LogP contribution in [-0.2, 0) is 23.7 Å². The van der Waals surface area contributed by atoms with E-state index in [1.165, 1.54) is 244 Å². The molecule has 14 nitrogen and oxygen atoms in total. The first-order valence-corrected chi connectivity index (χ1v) is 36.9. The molecule has 12 atom stereocenters. The maximum atomic E-state index is 13.3. The molecule has 12 unspecified atom stereocenters. The number of aliphatic hydroxyl groups excluding tert-OH is 8. The summed E-state index contributed by atoms with van der Waals surface area (Å²) in [5.74, 6) is -0.248. The molecule has 0 aromatic rings. The molecule has 14 heteroatoms. The van der Waals surface area contributed by atoms with Gasteiger partial charge in [0.25, 0.3) is 0 Å². The van der Waals surface area contributed by atoms with Gasteiger partial charge in [0.1, 0.15) is 48.8 Å². The second-order valence-corrected chi connectivity index (χ2v) is 26.1. The molecule has 0 radical (unpaired) electrons. The van der Waals surface area contributed by atoms with Gasteiger partial charge in [-0.15, -0.1) is 0 Å². The molecule has 0 saturated carbocycles. The third-order valence-electron chi connectivity index (χ3n) is 18.0. The summed E-state index contributed by atoms with van der Waals surface area (Å²) in [7, 11) is 0. The minimum absolute atomic E-state index is 0.248. The number of unbranched alkanes of at least 4 members (excludes halogenated alkanes) is 42. The van der Waals surface area contributed by atoms with Crippen molar-refractivity contribution in [3.63, 3.8) is 0 Å². The van der Waals surface area contributed by atoms with E-state index in [2.05, 4.69) is 55.6 Å². The largest absolute Gasteiger partial charge is 0.394 e. The van der Waals surface area contributed by atoms with Gasteiger partial charge in [-0.3, -0.25) is 4.79 Å². The van der Waals surface area contributed by atoms with Crippen LogP contribution in [0.1, 0.15) is 322 Å². The molecular formula is C74H137NO13. The van der Waals surface area contributed by atoms with Gasteiger partial charge in [0.05, 0.1) is 32.0 Å². The zero-order chi connectivity index (χ0) is 63.8. The SMILES string of the molecule is CCCCCCCCCC/C=C\CCCCCCCCCCCCCCCCCCCCCCCCCC(=O)NC(COC1OC(CO)C(OC2OC(CO)C(O)C(O)C2O)C(O)C1O)C(O)/C=C/CC/C=C/CC/C=C/CCCCCCCCCCC. The van der Waals surface area contributed by atoms with Crippen LogP contribution in [0.3, 0.4) is 0 Å². The number of ether oxygens (including phenoxy) is 4. The highest BCUT2D eigenvalue weighted by Gasteiger charge is 2.51. The standard InChI is InChI=1S/C74H137NO13/c1-3-5-7-9-11-13-15-17-19-21-23-24-25-26-27-28-29-30-31-32-33-34-35-36-37-38-40-42-44-46-48-50-52-54-56-58-66(79)75-62(63(78)57-55-53-51-49-47-45-43-41-39-22-20-18-16-14-12-10-8-6-4-2)61-85-73-71(84)69(82)72(65(60-77)87-73)88-74-70(83)68(81)67(80)64(59-76)86-74/h21,23,39,41,47,49,55,57,62-65,67-74,76-78,80-84H,3-20,22,24-38,40,42-46,48,50-54,56,58-61H2,1-2H3,(H,75,79)/b23-21-,41-39+,49-47+,57-55+. The van der Waals surface area contributed by atoms with Crippen LogP contribution in [0, 0.1) is 0 Å². The van der Waals surface area contributed by atoms with E-state index in [1.54, 1.807) is 6.08 Å². The van der Waals surface area contributed by atoms with Crippen molar-refractivity contribution in [1.29, 1.82) is 0 Å². The van der Waals surface area contributed by atoms with E-state index in [-0.39, 0.29) is 18.9 Å². The number of rotatable bonds is 61. The summed E-state index contributed by atoms with van der Waals surface area (Å²) >= 11 is 0. The zero-order valence-electron chi connectivity index (χ0n) is 56.2. The minimum Gasteiger partial charge on any atom is -0.394 e. The maximum Gasteiger partial charge on any atom is 0.220 e. The monoisotopic (exact) mass is 1250 g/mol. The van der Waals surface area contributed by atoms with Crippen LogP contribution in [0.25, 0.3) is 0 Å². The molecule has 88 heavy (non-hydrogen) atoms. The van der Waals surface area contributed by atoms with Crippen molar-refractivity contribution in [3.05, 3.63) is 48.6 Å². The van der Waals surface area contributed by atoms with E-state index in [4.69, 9.17) is 18.9 Å². The summed E-state index contributed by atoms with van der Waals surface area (Å²) in [6, 6.07) is -0.938. The summed E-state index contributed by atoms with van der Waals surface area (Å²) < 4.78 is 22.8. The number of allylic oxidation sites excluding steroid dienone is 7. The van der Waals surface area contributed by atoms with Crippen molar-refractivity contribution in [3.8, 4) is 0 Å². The lowest BCUT2D eigenvalue weighted by atomic mass is 9.97. The summed E-state index contributed by atoms with van der Waals surface area (Å²) in [4.78, 5) is 13.3. The number of nitrogens with one attached hydrogen (secondary N) is 1. The smallest absolute Gasteiger partial charge is 0.220 e. The number of hydrogen-bond donors (Lipinski definition) is 9. The molecule has 2 aliphatic rings. The molecule has 2 saturated heterocycles. The van der Waals surface area contributed by atoms with Crippen LogP contribution in [-0.4, -0.2) is 140 Å². The lowest BCUT2D eigenvalue weighted by Gasteiger charge is -2.46. The van der Waals surface area contributed by atoms with E-state index in [9.17, 15) is 45.6 Å². The predicted molar refractivity (Wildman–Crippen MR) is 360 cm³/mol. The lowest BCUT2D eigenvalue weighted by molar-refractivity contribution is -0.359. The Morgan fingerprint density at radius 1 is 0.398 bits per heavy atom. The Bertz CT molecular complexity index is 1660. The molecule has 2 aliphatic heterocycles. The van der Waals surface area contributed by atoms with E-state index in [0.717, 1.165) is 44.9 Å². The Labute approximate surface area is 537 Å². The van der Waals surface area contributed by atoms with Crippen LogP contribution in [0.2, 0.25) is 0 Å². The van der Waals surface area contributed by atoms with E-state index >= 15 is 0 Å². The molecule has 1 amide bonds. The summed E-state index contributed by atoms with van der Waals surface area (Å²) in [6.45, 7) is 2.81. The van der Waals surface area contributed by atoms with Crippen molar-refractivity contribution in [1.82, 2.24) is 5.32 Å². The second kappa shape index (κ2) is 58.7. The fraction of sp³-hybridized carbons (Fsp3) is 0.878.